The number of hydrogen-bond donors (Lipinski definition) is 2. The summed E-state index contributed by atoms with van der Waals surface area (Å²) in [6.45, 7) is 1.40. The van der Waals surface area contributed by atoms with Crippen LogP contribution in [0.2, 0.25) is 0 Å². The summed E-state index contributed by atoms with van der Waals surface area (Å²) in [6.07, 6.45) is 3.58. The van der Waals surface area contributed by atoms with Gasteiger partial charge in [0.05, 0.1) is 0 Å². The van der Waals surface area contributed by atoms with Crippen LogP contribution in [-0.2, 0) is 4.74 Å². The Labute approximate surface area is 145 Å². The number of aromatic nitrogens is 1. The predicted octanol–water partition coefficient (Wildman–Crippen LogP) is 3.88. The molecule has 0 atom stereocenters. The monoisotopic (exact) mass is 338 g/mol. The Morgan fingerprint density at radius 1 is 1.12 bits per heavy atom. The number of amides is 1. The molecule has 0 aliphatic carbocycles. The maximum absolute atomic E-state index is 13.3. The van der Waals surface area contributed by atoms with Crippen LogP contribution in [0.15, 0.2) is 48.7 Å². The zero-order chi connectivity index (χ0) is 17.2. The molecule has 25 heavy (non-hydrogen) atoms. The summed E-state index contributed by atoms with van der Waals surface area (Å²) >= 11 is 0. The van der Waals surface area contributed by atoms with Gasteiger partial charge in [0.2, 0.25) is 0 Å². The first-order valence-corrected chi connectivity index (χ1v) is 8.46. The van der Waals surface area contributed by atoms with Crippen LogP contribution < -0.4 is 5.32 Å². The van der Waals surface area contributed by atoms with E-state index in [2.05, 4.69) is 10.3 Å². The Bertz CT molecular complexity index is 896. The zero-order valence-electron chi connectivity index (χ0n) is 13.7. The van der Waals surface area contributed by atoms with Gasteiger partial charge in [-0.05, 0) is 48.7 Å². The molecule has 3 aromatic rings. The Kier molecular flexibility index (Phi) is 4.24. The Morgan fingerprint density at radius 2 is 1.88 bits per heavy atom. The van der Waals surface area contributed by atoms with Crippen LogP contribution >= 0.6 is 0 Å². The highest BCUT2D eigenvalue weighted by atomic mass is 19.1. The van der Waals surface area contributed by atoms with Crippen molar-refractivity contribution >= 4 is 16.8 Å². The van der Waals surface area contributed by atoms with Crippen LogP contribution in [-0.4, -0.2) is 30.1 Å². The van der Waals surface area contributed by atoms with Gasteiger partial charge in [0, 0.05) is 47.5 Å². The molecule has 4 nitrogen and oxygen atoms in total. The second-order valence-corrected chi connectivity index (χ2v) is 6.33. The van der Waals surface area contributed by atoms with Crippen LogP contribution in [0.25, 0.3) is 22.0 Å². The molecule has 5 heteroatoms. The van der Waals surface area contributed by atoms with Crippen LogP contribution in [0.3, 0.4) is 0 Å². The normalized spacial score (nSPS) is 15.4. The maximum atomic E-state index is 13.3. The van der Waals surface area contributed by atoms with E-state index in [1.807, 2.05) is 30.5 Å². The highest BCUT2D eigenvalue weighted by Gasteiger charge is 2.17. The smallest absolute Gasteiger partial charge is 0.251 e. The van der Waals surface area contributed by atoms with E-state index in [1.165, 1.54) is 12.1 Å². The molecular weight excluding hydrogens is 319 g/mol. The minimum Gasteiger partial charge on any atom is -0.381 e. The first kappa shape index (κ1) is 15.8. The van der Waals surface area contributed by atoms with Crippen molar-refractivity contribution in [2.24, 2.45) is 0 Å². The molecule has 0 radical (unpaired) electrons. The van der Waals surface area contributed by atoms with Crippen molar-refractivity contribution in [1.82, 2.24) is 10.3 Å². The van der Waals surface area contributed by atoms with Crippen LogP contribution in [0.1, 0.15) is 23.2 Å². The van der Waals surface area contributed by atoms with Gasteiger partial charge in [-0.2, -0.15) is 0 Å². The molecule has 128 valence electrons. The third-order valence-corrected chi connectivity index (χ3v) is 4.66. The molecule has 0 unspecified atom stereocenters. The van der Waals surface area contributed by atoms with Crippen molar-refractivity contribution in [3.8, 4) is 11.1 Å². The van der Waals surface area contributed by atoms with Crippen LogP contribution in [0.5, 0.6) is 0 Å². The number of carbonyl (C=O) groups excluding carboxylic acids is 1. The largest absolute Gasteiger partial charge is 0.381 e. The molecule has 2 heterocycles. The number of fused-ring (bicyclic) bond motifs is 1. The van der Waals surface area contributed by atoms with Gasteiger partial charge in [-0.3, -0.25) is 4.79 Å². The Hall–Kier alpha value is -2.66. The first-order chi connectivity index (χ1) is 12.2. The summed E-state index contributed by atoms with van der Waals surface area (Å²) in [5.74, 6) is -0.319. The second kappa shape index (κ2) is 6.69. The van der Waals surface area contributed by atoms with Crippen molar-refractivity contribution in [3.05, 3.63) is 60.0 Å². The number of hydrogen-bond acceptors (Lipinski definition) is 2. The fourth-order valence-electron chi connectivity index (χ4n) is 3.25. The number of H-pyrrole nitrogens is 1. The minimum absolute atomic E-state index is 0.0561. The van der Waals surface area contributed by atoms with Crippen molar-refractivity contribution in [1.29, 1.82) is 0 Å². The summed E-state index contributed by atoms with van der Waals surface area (Å²) in [7, 11) is 0. The summed E-state index contributed by atoms with van der Waals surface area (Å²) in [5, 5.41) is 4.02. The number of nitrogens with one attached hydrogen (secondary N) is 2. The highest BCUT2D eigenvalue weighted by Crippen LogP contribution is 2.29. The zero-order valence-corrected chi connectivity index (χ0v) is 13.7. The lowest BCUT2D eigenvalue weighted by atomic mass is 10.0. The summed E-state index contributed by atoms with van der Waals surface area (Å²) < 4.78 is 18.6. The SMILES string of the molecule is O=C(NC1CCOCC1)c1ccc(-c2c[nH]c3cc(F)ccc23)cc1. The Morgan fingerprint density at radius 3 is 2.64 bits per heavy atom. The number of halogens is 1. The van der Waals surface area contributed by atoms with E-state index in [0.29, 0.717) is 18.8 Å². The van der Waals surface area contributed by atoms with Crippen molar-refractivity contribution < 1.29 is 13.9 Å². The van der Waals surface area contributed by atoms with E-state index in [9.17, 15) is 9.18 Å². The van der Waals surface area contributed by atoms with Gasteiger partial charge < -0.3 is 15.0 Å². The fourth-order valence-corrected chi connectivity index (χ4v) is 3.25. The lowest BCUT2D eigenvalue weighted by molar-refractivity contribution is 0.0696. The molecule has 0 saturated carbocycles. The molecule has 2 aromatic carbocycles. The number of carbonyl (C=O) groups is 1. The standard InChI is InChI=1S/C20H19FN2O2/c21-15-5-6-17-18(12-22-19(17)11-15)13-1-3-14(4-2-13)20(24)23-16-7-9-25-10-8-16/h1-6,11-12,16,22H,7-10H2,(H,23,24). The minimum atomic E-state index is -0.263. The second-order valence-electron chi connectivity index (χ2n) is 6.33. The van der Waals surface area contributed by atoms with Crippen molar-refractivity contribution in [3.63, 3.8) is 0 Å². The molecule has 1 aliphatic heterocycles. The number of ether oxygens (including phenoxy) is 1. The average Bonchev–Trinajstić information content (AvgIpc) is 3.05. The topological polar surface area (TPSA) is 54.1 Å². The first-order valence-electron chi connectivity index (χ1n) is 8.46. The van der Waals surface area contributed by atoms with Gasteiger partial charge in [-0.15, -0.1) is 0 Å². The van der Waals surface area contributed by atoms with Crippen molar-refractivity contribution in [2.75, 3.05) is 13.2 Å². The molecule has 0 bridgehead atoms. The van der Waals surface area contributed by atoms with E-state index in [-0.39, 0.29) is 17.8 Å². The van der Waals surface area contributed by atoms with Crippen LogP contribution in [0.4, 0.5) is 4.39 Å². The molecule has 2 N–H and O–H groups in total. The Balaban J connectivity index is 1.53. The maximum Gasteiger partial charge on any atom is 0.251 e. The van der Waals surface area contributed by atoms with Gasteiger partial charge in [-0.1, -0.05) is 12.1 Å². The van der Waals surface area contributed by atoms with E-state index < -0.39 is 0 Å². The van der Waals surface area contributed by atoms with Gasteiger partial charge in [-0.25, -0.2) is 4.39 Å². The molecule has 1 aliphatic rings. The average molecular weight is 338 g/mol. The van der Waals surface area contributed by atoms with Crippen LogP contribution in [0, 0.1) is 5.82 Å². The molecule has 4 rings (SSSR count). The molecular formula is C20H19FN2O2. The third kappa shape index (κ3) is 3.28. The lowest BCUT2D eigenvalue weighted by Gasteiger charge is -2.23. The van der Waals surface area contributed by atoms with Gasteiger partial charge >= 0.3 is 0 Å². The fraction of sp³-hybridized carbons (Fsp3) is 0.250. The number of benzene rings is 2. The number of rotatable bonds is 3. The molecule has 1 fully saturated rings. The van der Waals surface area contributed by atoms with Crippen molar-refractivity contribution in [2.45, 2.75) is 18.9 Å². The molecule has 1 saturated heterocycles. The molecule has 0 spiro atoms. The quantitative estimate of drug-likeness (QED) is 0.761. The molecule has 1 aromatic heterocycles. The van der Waals surface area contributed by atoms with E-state index in [1.54, 1.807) is 6.07 Å². The summed E-state index contributed by atoms with van der Waals surface area (Å²) in [5.41, 5.74) is 3.38. The summed E-state index contributed by atoms with van der Waals surface area (Å²) in [6, 6.07) is 12.4. The van der Waals surface area contributed by atoms with E-state index in [0.717, 1.165) is 34.9 Å². The van der Waals surface area contributed by atoms with Gasteiger partial charge in [0.1, 0.15) is 5.82 Å². The number of aromatic amines is 1. The van der Waals surface area contributed by atoms with E-state index in [4.69, 9.17) is 4.74 Å². The molecule has 1 amide bonds. The summed E-state index contributed by atoms with van der Waals surface area (Å²) in [4.78, 5) is 15.4. The van der Waals surface area contributed by atoms with Gasteiger partial charge in [0.25, 0.3) is 5.91 Å². The lowest BCUT2D eigenvalue weighted by Crippen LogP contribution is -2.38. The van der Waals surface area contributed by atoms with E-state index >= 15 is 0 Å². The highest BCUT2D eigenvalue weighted by molar-refractivity contribution is 5.97. The predicted molar refractivity (Wildman–Crippen MR) is 95.0 cm³/mol. The van der Waals surface area contributed by atoms with Gasteiger partial charge in [0.15, 0.2) is 0 Å². The third-order valence-electron chi connectivity index (χ3n) is 4.66.